The summed E-state index contributed by atoms with van der Waals surface area (Å²) in [5, 5.41) is 11.5. The molecule has 1 saturated heterocycles. The summed E-state index contributed by atoms with van der Waals surface area (Å²) in [6.07, 6.45) is 0.437. The van der Waals surface area contributed by atoms with Crippen molar-refractivity contribution in [3.63, 3.8) is 0 Å². The highest BCUT2D eigenvalue weighted by molar-refractivity contribution is 7.91. The van der Waals surface area contributed by atoms with Gasteiger partial charge in [-0.05, 0) is 31.4 Å². The first-order valence-electron chi connectivity index (χ1n) is 7.33. The van der Waals surface area contributed by atoms with Gasteiger partial charge in [-0.25, -0.2) is 13.2 Å². The number of carboxylic acid groups (broad SMARTS) is 1. The molecule has 0 unspecified atom stereocenters. The molecule has 7 nitrogen and oxygen atoms in total. The Morgan fingerprint density at radius 1 is 1.30 bits per heavy atom. The van der Waals surface area contributed by atoms with E-state index in [0.717, 1.165) is 6.42 Å². The van der Waals surface area contributed by atoms with Crippen molar-refractivity contribution in [3.05, 3.63) is 30.3 Å². The normalized spacial score (nSPS) is 19.2. The van der Waals surface area contributed by atoms with Crippen molar-refractivity contribution in [1.29, 1.82) is 0 Å². The molecule has 1 aliphatic rings. The average molecular weight is 341 g/mol. The highest BCUT2D eigenvalue weighted by atomic mass is 32.2. The fourth-order valence-electron chi connectivity index (χ4n) is 2.33. The third-order valence-electron chi connectivity index (χ3n) is 3.61. The minimum absolute atomic E-state index is 0.134. The molecule has 2 atom stereocenters. The minimum Gasteiger partial charge on any atom is -0.480 e. The van der Waals surface area contributed by atoms with Crippen molar-refractivity contribution in [2.45, 2.75) is 36.3 Å². The summed E-state index contributed by atoms with van der Waals surface area (Å²) in [5.74, 6) is -2.13. The van der Waals surface area contributed by atoms with Crippen molar-refractivity contribution in [3.8, 4) is 0 Å². The lowest BCUT2D eigenvalue weighted by atomic mass is 10.2. The van der Waals surface area contributed by atoms with E-state index >= 15 is 0 Å². The summed E-state index contributed by atoms with van der Waals surface area (Å²) in [6, 6.07) is 6.54. The second-order valence-corrected chi connectivity index (χ2v) is 7.43. The first-order valence-corrected chi connectivity index (χ1v) is 8.98. The molecule has 8 heteroatoms. The van der Waals surface area contributed by atoms with Crippen LogP contribution in [0.1, 0.15) is 19.3 Å². The maximum Gasteiger partial charge on any atom is 0.326 e. The summed E-state index contributed by atoms with van der Waals surface area (Å²) in [5.41, 5.74) is 0. The number of hydrogen-bond acceptors (Lipinski definition) is 5. The predicted molar refractivity (Wildman–Crippen MR) is 81.7 cm³/mol. The van der Waals surface area contributed by atoms with E-state index in [4.69, 9.17) is 4.74 Å². The number of carbonyl (C=O) groups excluding carboxylic acids is 1. The molecular formula is C15H19NO6S. The minimum atomic E-state index is -3.59. The average Bonchev–Trinajstić information content (AvgIpc) is 3.06. The van der Waals surface area contributed by atoms with Crippen LogP contribution in [-0.2, 0) is 24.2 Å². The molecule has 0 spiro atoms. The van der Waals surface area contributed by atoms with Gasteiger partial charge in [-0.2, -0.15) is 0 Å². The van der Waals surface area contributed by atoms with Gasteiger partial charge in [0.2, 0.25) is 5.91 Å². The Labute approximate surface area is 134 Å². The Bertz CT molecular complexity index is 652. The fourth-order valence-corrected chi connectivity index (χ4v) is 3.68. The zero-order valence-corrected chi connectivity index (χ0v) is 13.3. The molecule has 1 amide bonds. The maximum atomic E-state index is 12.2. The van der Waals surface area contributed by atoms with Gasteiger partial charge in [0.1, 0.15) is 12.1 Å². The second-order valence-electron chi connectivity index (χ2n) is 5.32. The molecule has 126 valence electrons. The van der Waals surface area contributed by atoms with Crippen LogP contribution in [0.4, 0.5) is 0 Å². The molecule has 0 aliphatic carbocycles. The van der Waals surface area contributed by atoms with E-state index in [-0.39, 0.29) is 17.1 Å². The van der Waals surface area contributed by atoms with Crippen LogP contribution in [0, 0.1) is 0 Å². The summed E-state index contributed by atoms with van der Waals surface area (Å²) in [4.78, 5) is 23.3. The van der Waals surface area contributed by atoms with Gasteiger partial charge >= 0.3 is 5.97 Å². The van der Waals surface area contributed by atoms with E-state index < -0.39 is 33.9 Å². The van der Waals surface area contributed by atoms with E-state index in [9.17, 15) is 23.1 Å². The topological polar surface area (TPSA) is 110 Å². The number of hydrogen-bond donors (Lipinski definition) is 2. The molecular weight excluding hydrogens is 322 g/mol. The molecule has 23 heavy (non-hydrogen) atoms. The van der Waals surface area contributed by atoms with Gasteiger partial charge in [0, 0.05) is 6.61 Å². The molecule has 2 N–H and O–H groups in total. The Kier molecular flexibility index (Phi) is 5.73. The van der Waals surface area contributed by atoms with Gasteiger partial charge < -0.3 is 15.2 Å². The van der Waals surface area contributed by atoms with Gasteiger partial charge in [0.15, 0.2) is 9.84 Å². The molecule has 2 rings (SSSR count). The Morgan fingerprint density at radius 3 is 2.57 bits per heavy atom. The number of benzene rings is 1. The lowest BCUT2D eigenvalue weighted by molar-refractivity contribution is -0.143. The Hall–Kier alpha value is -1.93. The number of sulfone groups is 1. The standard InChI is InChI=1S/C15H19NO6S/c17-14(13-7-4-9-22-13)16-12(15(18)19)8-10-23(20,21)11-5-2-1-3-6-11/h1-3,5-6,12-13H,4,7-10H2,(H,16,17)(H,18,19)/t12-,13+/m1/s1. The van der Waals surface area contributed by atoms with Crippen LogP contribution in [0.15, 0.2) is 35.2 Å². The second kappa shape index (κ2) is 7.56. The zero-order chi connectivity index (χ0) is 16.9. The van der Waals surface area contributed by atoms with Crippen molar-refractivity contribution < 1.29 is 27.9 Å². The van der Waals surface area contributed by atoms with E-state index in [0.29, 0.717) is 13.0 Å². The molecule has 0 bridgehead atoms. The van der Waals surface area contributed by atoms with Crippen LogP contribution in [0.2, 0.25) is 0 Å². The molecule has 0 radical (unpaired) electrons. The summed E-state index contributed by atoms with van der Waals surface area (Å²) in [7, 11) is -3.59. The first kappa shape index (κ1) is 17.4. The van der Waals surface area contributed by atoms with Gasteiger partial charge in [-0.1, -0.05) is 18.2 Å². The van der Waals surface area contributed by atoms with Crippen LogP contribution >= 0.6 is 0 Å². The highest BCUT2D eigenvalue weighted by Gasteiger charge is 2.29. The van der Waals surface area contributed by atoms with Crippen molar-refractivity contribution in [2.75, 3.05) is 12.4 Å². The summed E-state index contributed by atoms with van der Waals surface area (Å²) in [6.45, 7) is 0.470. The monoisotopic (exact) mass is 341 g/mol. The molecule has 0 aromatic heterocycles. The summed E-state index contributed by atoms with van der Waals surface area (Å²) < 4.78 is 29.5. The predicted octanol–water partition coefficient (Wildman–Crippen LogP) is 0.599. The number of amides is 1. The number of carbonyl (C=O) groups is 2. The van der Waals surface area contributed by atoms with Crippen molar-refractivity contribution in [2.24, 2.45) is 0 Å². The highest BCUT2D eigenvalue weighted by Crippen LogP contribution is 2.14. The molecule has 1 aliphatic heterocycles. The van der Waals surface area contributed by atoms with E-state index in [1.807, 2.05) is 0 Å². The Morgan fingerprint density at radius 2 is 2.00 bits per heavy atom. The van der Waals surface area contributed by atoms with Crippen LogP contribution in [0.3, 0.4) is 0 Å². The fraction of sp³-hybridized carbons (Fsp3) is 0.467. The quantitative estimate of drug-likeness (QED) is 0.751. The molecule has 1 aromatic carbocycles. The van der Waals surface area contributed by atoms with Crippen molar-refractivity contribution in [1.82, 2.24) is 5.32 Å². The van der Waals surface area contributed by atoms with E-state index in [2.05, 4.69) is 5.32 Å². The lowest BCUT2D eigenvalue weighted by Gasteiger charge is -2.17. The zero-order valence-electron chi connectivity index (χ0n) is 12.5. The third kappa shape index (κ3) is 4.77. The maximum absolute atomic E-state index is 12.2. The molecule has 1 fully saturated rings. The van der Waals surface area contributed by atoms with Crippen LogP contribution in [0.5, 0.6) is 0 Å². The number of ether oxygens (including phenoxy) is 1. The van der Waals surface area contributed by atoms with Gasteiger partial charge in [-0.15, -0.1) is 0 Å². The number of carboxylic acids is 1. The largest absolute Gasteiger partial charge is 0.480 e. The van der Waals surface area contributed by atoms with Crippen LogP contribution < -0.4 is 5.32 Å². The third-order valence-corrected chi connectivity index (χ3v) is 5.38. The van der Waals surface area contributed by atoms with E-state index in [1.54, 1.807) is 18.2 Å². The molecule has 1 heterocycles. The smallest absolute Gasteiger partial charge is 0.326 e. The van der Waals surface area contributed by atoms with Gasteiger partial charge in [0.05, 0.1) is 10.6 Å². The van der Waals surface area contributed by atoms with Crippen LogP contribution in [-0.4, -0.2) is 49.9 Å². The number of aliphatic carboxylic acids is 1. The summed E-state index contributed by atoms with van der Waals surface area (Å²) >= 11 is 0. The van der Waals surface area contributed by atoms with Crippen LogP contribution in [0.25, 0.3) is 0 Å². The SMILES string of the molecule is O=C(N[C@H](CCS(=O)(=O)c1ccccc1)C(=O)O)[C@@H]1CCCO1. The molecule has 0 saturated carbocycles. The van der Waals surface area contributed by atoms with Gasteiger partial charge in [0.25, 0.3) is 0 Å². The van der Waals surface area contributed by atoms with Gasteiger partial charge in [-0.3, -0.25) is 4.79 Å². The number of rotatable bonds is 7. The van der Waals surface area contributed by atoms with E-state index in [1.165, 1.54) is 12.1 Å². The first-order chi connectivity index (χ1) is 10.9. The Balaban J connectivity index is 1.97. The molecule has 1 aromatic rings. The van der Waals surface area contributed by atoms with Crippen molar-refractivity contribution >= 4 is 21.7 Å². The lowest BCUT2D eigenvalue weighted by Crippen LogP contribution is -2.46. The number of nitrogens with one attached hydrogen (secondary N) is 1.